The summed E-state index contributed by atoms with van der Waals surface area (Å²) in [5.74, 6) is -0.544. The number of hydrogen-bond acceptors (Lipinski definition) is 4. The van der Waals surface area contributed by atoms with Crippen LogP contribution in [0.4, 0.5) is 10.1 Å². The summed E-state index contributed by atoms with van der Waals surface area (Å²) in [4.78, 5) is 14.6. The normalized spacial score (nSPS) is 14.5. The highest BCUT2D eigenvalue weighted by atomic mass is 32.2. The standard InChI is InChI=1S/C20H24FN3O3S/c1-23(2)28(26,27)18-8-5-7-16(12-18)22-20(25)14-24(17-10-11-17)13-15-6-3-4-9-19(15)21/h3-9,12,17H,10-11,13-14H2,1-2H3,(H,22,25). The maximum absolute atomic E-state index is 14.0. The van der Waals surface area contributed by atoms with E-state index in [1.54, 1.807) is 30.3 Å². The van der Waals surface area contributed by atoms with Crippen molar-refractivity contribution in [3.8, 4) is 0 Å². The highest BCUT2D eigenvalue weighted by Crippen LogP contribution is 2.28. The second kappa shape index (κ2) is 8.38. The number of hydrogen-bond donors (Lipinski definition) is 1. The third-order valence-corrected chi connectivity index (χ3v) is 6.45. The Morgan fingerprint density at radius 1 is 1.14 bits per heavy atom. The van der Waals surface area contributed by atoms with Gasteiger partial charge in [-0.1, -0.05) is 24.3 Å². The van der Waals surface area contributed by atoms with Crippen molar-refractivity contribution in [3.63, 3.8) is 0 Å². The van der Waals surface area contributed by atoms with Crippen LogP contribution in [0.2, 0.25) is 0 Å². The van der Waals surface area contributed by atoms with Crippen molar-refractivity contribution in [2.75, 3.05) is 26.0 Å². The Morgan fingerprint density at radius 2 is 1.86 bits per heavy atom. The van der Waals surface area contributed by atoms with Crippen LogP contribution < -0.4 is 5.32 Å². The summed E-state index contributed by atoms with van der Waals surface area (Å²) < 4.78 is 39.6. The van der Waals surface area contributed by atoms with Crippen LogP contribution in [0.25, 0.3) is 0 Å². The molecule has 1 fully saturated rings. The molecule has 28 heavy (non-hydrogen) atoms. The van der Waals surface area contributed by atoms with Crippen molar-refractivity contribution in [2.24, 2.45) is 0 Å². The summed E-state index contributed by atoms with van der Waals surface area (Å²) in [6, 6.07) is 13.0. The van der Waals surface area contributed by atoms with E-state index >= 15 is 0 Å². The van der Waals surface area contributed by atoms with Gasteiger partial charge < -0.3 is 5.32 Å². The van der Waals surface area contributed by atoms with Gasteiger partial charge in [0.25, 0.3) is 0 Å². The number of sulfonamides is 1. The molecule has 0 atom stereocenters. The molecule has 0 heterocycles. The number of carbonyl (C=O) groups is 1. The quantitative estimate of drug-likeness (QED) is 0.733. The molecule has 3 rings (SSSR count). The first-order valence-electron chi connectivity index (χ1n) is 9.07. The Kier molecular flexibility index (Phi) is 6.12. The highest BCUT2D eigenvalue weighted by molar-refractivity contribution is 7.89. The van der Waals surface area contributed by atoms with E-state index in [0.717, 1.165) is 17.1 Å². The maximum Gasteiger partial charge on any atom is 0.242 e. The van der Waals surface area contributed by atoms with Crippen molar-refractivity contribution >= 4 is 21.6 Å². The van der Waals surface area contributed by atoms with E-state index in [1.165, 1.54) is 32.3 Å². The largest absolute Gasteiger partial charge is 0.325 e. The Balaban J connectivity index is 1.68. The molecule has 1 aliphatic rings. The van der Waals surface area contributed by atoms with Crippen LogP contribution in [0, 0.1) is 5.82 Å². The summed E-state index contributed by atoms with van der Waals surface area (Å²) in [7, 11) is -0.667. The Morgan fingerprint density at radius 3 is 2.50 bits per heavy atom. The number of carbonyl (C=O) groups excluding carboxylic acids is 1. The van der Waals surface area contributed by atoms with Crippen LogP contribution in [0.1, 0.15) is 18.4 Å². The lowest BCUT2D eigenvalue weighted by molar-refractivity contribution is -0.117. The lowest BCUT2D eigenvalue weighted by atomic mass is 10.2. The fraction of sp³-hybridized carbons (Fsp3) is 0.350. The molecule has 0 aliphatic heterocycles. The fourth-order valence-electron chi connectivity index (χ4n) is 2.93. The topological polar surface area (TPSA) is 69.7 Å². The lowest BCUT2D eigenvalue weighted by Crippen LogP contribution is -2.34. The third-order valence-electron chi connectivity index (χ3n) is 4.64. The minimum atomic E-state index is -3.58. The van der Waals surface area contributed by atoms with Crippen molar-refractivity contribution in [3.05, 3.63) is 59.9 Å². The molecule has 0 spiro atoms. The highest BCUT2D eigenvalue weighted by Gasteiger charge is 2.30. The Labute approximate surface area is 165 Å². The molecule has 0 saturated heterocycles. The molecule has 0 unspecified atom stereocenters. The fourth-order valence-corrected chi connectivity index (χ4v) is 3.88. The number of nitrogens with zero attached hydrogens (tertiary/aromatic N) is 2. The first-order chi connectivity index (χ1) is 13.3. The van der Waals surface area contributed by atoms with Gasteiger partial charge in [0.2, 0.25) is 15.9 Å². The summed E-state index contributed by atoms with van der Waals surface area (Å²) in [6.07, 6.45) is 1.97. The minimum Gasteiger partial charge on any atom is -0.325 e. The van der Waals surface area contributed by atoms with Gasteiger partial charge in [-0.15, -0.1) is 0 Å². The average molecular weight is 405 g/mol. The van der Waals surface area contributed by atoms with Gasteiger partial charge in [0.1, 0.15) is 5.82 Å². The van der Waals surface area contributed by atoms with E-state index in [0.29, 0.717) is 17.8 Å². The number of benzene rings is 2. The zero-order valence-electron chi connectivity index (χ0n) is 15.9. The lowest BCUT2D eigenvalue weighted by Gasteiger charge is -2.22. The molecule has 2 aromatic rings. The van der Waals surface area contributed by atoms with E-state index < -0.39 is 10.0 Å². The number of rotatable bonds is 8. The summed E-state index contributed by atoms with van der Waals surface area (Å²) in [5, 5.41) is 2.75. The number of anilines is 1. The van der Waals surface area contributed by atoms with E-state index in [2.05, 4.69) is 5.32 Å². The van der Waals surface area contributed by atoms with Crippen molar-refractivity contribution in [1.82, 2.24) is 9.21 Å². The van der Waals surface area contributed by atoms with E-state index in [9.17, 15) is 17.6 Å². The molecule has 0 aromatic heterocycles. The van der Waals surface area contributed by atoms with E-state index in [1.807, 2.05) is 4.90 Å². The van der Waals surface area contributed by atoms with E-state index in [-0.39, 0.29) is 29.2 Å². The molecular formula is C20H24FN3O3S. The van der Waals surface area contributed by atoms with Gasteiger partial charge in [-0.3, -0.25) is 9.69 Å². The van der Waals surface area contributed by atoms with E-state index in [4.69, 9.17) is 0 Å². The molecule has 0 bridgehead atoms. The van der Waals surface area contributed by atoms with Crippen molar-refractivity contribution < 1.29 is 17.6 Å². The minimum absolute atomic E-state index is 0.112. The summed E-state index contributed by atoms with van der Waals surface area (Å²) in [5.41, 5.74) is 0.968. The number of halogens is 1. The van der Waals surface area contributed by atoms with Crippen LogP contribution in [0.15, 0.2) is 53.4 Å². The molecule has 1 saturated carbocycles. The van der Waals surface area contributed by atoms with Gasteiger partial charge in [0.05, 0.1) is 11.4 Å². The Hall–Kier alpha value is -2.29. The molecule has 1 aliphatic carbocycles. The van der Waals surface area contributed by atoms with Crippen LogP contribution in [0.3, 0.4) is 0 Å². The van der Waals surface area contributed by atoms with Gasteiger partial charge in [-0.2, -0.15) is 0 Å². The molecule has 1 amide bonds. The van der Waals surface area contributed by atoms with Crippen molar-refractivity contribution in [1.29, 1.82) is 0 Å². The van der Waals surface area contributed by atoms with Crippen molar-refractivity contribution in [2.45, 2.75) is 30.3 Å². The molecular weight excluding hydrogens is 381 g/mol. The summed E-state index contributed by atoms with van der Waals surface area (Å²) >= 11 is 0. The average Bonchev–Trinajstić information content (AvgIpc) is 3.48. The Bertz CT molecular complexity index is 959. The van der Waals surface area contributed by atoms with Gasteiger partial charge in [-0.05, 0) is 37.1 Å². The first kappa shape index (κ1) is 20.4. The van der Waals surface area contributed by atoms with Gasteiger partial charge in [0.15, 0.2) is 0 Å². The predicted octanol–water partition coefficient (Wildman–Crippen LogP) is 2.68. The summed E-state index contributed by atoms with van der Waals surface area (Å²) in [6.45, 7) is 0.476. The predicted molar refractivity (Wildman–Crippen MR) is 106 cm³/mol. The second-order valence-corrected chi connectivity index (χ2v) is 9.24. The molecule has 1 N–H and O–H groups in total. The van der Waals surface area contributed by atoms with Gasteiger partial charge in [0, 0.05) is 37.9 Å². The SMILES string of the molecule is CN(C)S(=O)(=O)c1cccc(NC(=O)CN(Cc2ccccc2F)C2CC2)c1. The number of nitrogens with one attached hydrogen (secondary N) is 1. The third kappa shape index (κ3) is 4.95. The molecule has 2 aromatic carbocycles. The molecule has 6 nitrogen and oxygen atoms in total. The monoisotopic (exact) mass is 405 g/mol. The van der Waals surface area contributed by atoms with Gasteiger partial charge >= 0.3 is 0 Å². The van der Waals surface area contributed by atoms with Crippen LogP contribution in [-0.4, -0.2) is 50.2 Å². The maximum atomic E-state index is 14.0. The van der Waals surface area contributed by atoms with Crippen LogP contribution in [0.5, 0.6) is 0 Å². The zero-order chi connectivity index (χ0) is 20.3. The van der Waals surface area contributed by atoms with Gasteiger partial charge in [-0.25, -0.2) is 17.1 Å². The first-order valence-corrected chi connectivity index (χ1v) is 10.5. The smallest absolute Gasteiger partial charge is 0.242 e. The number of amides is 1. The van der Waals surface area contributed by atoms with Crippen LogP contribution >= 0.6 is 0 Å². The van der Waals surface area contributed by atoms with Crippen LogP contribution in [-0.2, 0) is 21.4 Å². The molecule has 0 radical (unpaired) electrons. The zero-order valence-corrected chi connectivity index (χ0v) is 16.7. The molecule has 8 heteroatoms. The molecule has 150 valence electrons. The second-order valence-electron chi connectivity index (χ2n) is 7.09.